The number of carboxylic acids is 2. The van der Waals surface area contributed by atoms with E-state index in [1.54, 1.807) is 13.0 Å². The van der Waals surface area contributed by atoms with E-state index in [1.165, 1.54) is 36.4 Å². The van der Waals surface area contributed by atoms with Gasteiger partial charge in [0.1, 0.15) is 17.1 Å². The molecule has 0 radical (unpaired) electrons. The molecule has 4 rings (SSSR count). The van der Waals surface area contributed by atoms with Crippen LogP contribution in [0.25, 0.3) is 27.9 Å². The molecule has 0 saturated heterocycles. The predicted octanol–water partition coefficient (Wildman–Crippen LogP) is 2.81. The molecular formula is C23H19NO7. The number of carboxylic acid groups (broad SMARTS) is 2. The van der Waals surface area contributed by atoms with Crippen LogP contribution in [0.5, 0.6) is 5.75 Å². The lowest BCUT2D eigenvalue weighted by Gasteiger charge is -2.28. The number of phenolic OH excluding ortho intramolecular Hbond substituents is 1. The first kappa shape index (κ1) is 20.4. The number of carbonyl (C=O) groups is 2. The Balaban J connectivity index is 2.19. The number of aliphatic carboxylic acids is 2. The molecule has 0 aromatic heterocycles. The van der Waals surface area contributed by atoms with E-state index in [1.807, 2.05) is 0 Å². The second-order valence-electron chi connectivity index (χ2n) is 7.48. The molecule has 1 unspecified atom stereocenters. The van der Waals surface area contributed by atoms with Crippen molar-refractivity contribution < 1.29 is 29.3 Å². The van der Waals surface area contributed by atoms with Crippen molar-refractivity contribution in [3.8, 4) is 17.1 Å². The molecule has 0 saturated carbocycles. The summed E-state index contributed by atoms with van der Waals surface area (Å²) in [5.74, 6) is -3.84. The molecule has 0 spiro atoms. The number of benzene rings is 2. The monoisotopic (exact) mass is 421 g/mol. The van der Waals surface area contributed by atoms with Crippen molar-refractivity contribution >= 4 is 28.5 Å². The fourth-order valence-electron chi connectivity index (χ4n) is 4.17. The molecule has 1 aromatic carbocycles. The third-order valence-electron chi connectivity index (χ3n) is 5.56. The van der Waals surface area contributed by atoms with Gasteiger partial charge in [-0.1, -0.05) is 13.0 Å². The van der Waals surface area contributed by atoms with Crippen molar-refractivity contribution in [3.63, 3.8) is 0 Å². The van der Waals surface area contributed by atoms with Gasteiger partial charge in [0.05, 0.1) is 17.1 Å². The molecule has 0 amide bonds. The molecule has 3 aliphatic rings. The molecular weight excluding hydrogens is 402 g/mol. The smallest absolute Gasteiger partial charge is 0.335 e. The highest BCUT2D eigenvalue weighted by atomic mass is 16.4. The number of nitrogens with two attached hydrogens (primary N) is 1. The molecule has 8 nitrogen and oxygen atoms in total. The molecule has 1 aliphatic heterocycles. The molecule has 2 atom stereocenters. The molecule has 0 fully saturated rings. The van der Waals surface area contributed by atoms with Crippen molar-refractivity contribution in [1.82, 2.24) is 0 Å². The van der Waals surface area contributed by atoms with Crippen LogP contribution in [0.1, 0.15) is 18.1 Å². The molecule has 1 aromatic rings. The highest BCUT2D eigenvalue weighted by molar-refractivity contribution is 6.06. The average molecular weight is 421 g/mol. The van der Waals surface area contributed by atoms with E-state index in [0.717, 1.165) is 0 Å². The summed E-state index contributed by atoms with van der Waals surface area (Å²) in [5, 5.41) is 30.2. The summed E-state index contributed by atoms with van der Waals surface area (Å²) >= 11 is 0. The van der Waals surface area contributed by atoms with Gasteiger partial charge in [0.2, 0.25) is 0 Å². The number of hydrogen-bond acceptors (Lipinski definition) is 6. The van der Waals surface area contributed by atoms with Crippen LogP contribution >= 0.6 is 0 Å². The van der Waals surface area contributed by atoms with Gasteiger partial charge in [-0.05, 0) is 41.8 Å². The Kier molecular flexibility index (Phi) is 4.87. The summed E-state index contributed by atoms with van der Waals surface area (Å²) in [7, 11) is 0. The van der Waals surface area contributed by atoms with Crippen molar-refractivity contribution in [2.75, 3.05) is 0 Å². The van der Waals surface area contributed by atoms with Crippen LogP contribution in [0.4, 0.5) is 0 Å². The zero-order valence-corrected chi connectivity index (χ0v) is 16.5. The van der Waals surface area contributed by atoms with Gasteiger partial charge < -0.3 is 25.5 Å². The Hall–Kier alpha value is -3.91. The van der Waals surface area contributed by atoms with E-state index in [-0.39, 0.29) is 40.2 Å². The van der Waals surface area contributed by atoms with Crippen molar-refractivity contribution in [1.29, 1.82) is 0 Å². The van der Waals surface area contributed by atoms with Crippen LogP contribution in [-0.2, 0) is 16.1 Å². The van der Waals surface area contributed by atoms with E-state index in [0.29, 0.717) is 22.1 Å². The Morgan fingerprint density at radius 1 is 1.16 bits per heavy atom. The van der Waals surface area contributed by atoms with Crippen LogP contribution in [-0.4, -0.2) is 27.3 Å². The van der Waals surface area contributed by atoms with E-state index >= 15 is 0 Å². The summed E-state index contributed by atoms with van der Waals surface area (Å²) in [6.07, 6.45) is 2.75. The standard InChI is InChI=1S/C23H19NO7/c1-10-6-11(22(27)28)7-15(19(10)23(29)30)20-13-3-2-12(25)8-18(13)31-21-14(20)4-5-17(26)16(21)9-24/h2-8,10,19,26H,9,24H2,1H3,(H,27,28)(H,29,30)/t10?,19-/m0/s1. The summed E-state index contributed by atoms with van der Waals surface area (Å²) < 4.78 is 5.91. The lowest BCUT2D eigenvalue weighted by Crippen LogP contribution is -2.26. The van der Waals surface area contributed by atoms with Gasteiger partial charge in [0.25, 0.3) is 0 Å². The minimum absolute atomic E-state index is 0.0274. The third-order valence-corrected chi connectivity index (χ3v) is 5.56. The van der Waals surface area contributed by atoms with Gasteiger partial charge in [-0.2, -0.15) is 0 Å². The quantitative estimate of drug-likeness (QED) is 0.470. The highest BCUT2D eigenvalue weighted by Gasteiger charge is 2.35. The number of fused-ring (bicyclic) bond motifs is 2. The number of hydrogen-bond donors (Lipinski definition) is 4. The first-order chi connectivity index (χ1) is 14.7. The first-order valence-corrected chi connectivity index (χ1v) is 9.54. The van der Waals surface area contributed by atoms with Crippen molar-refractivity contribution in [2.24, 2.45) is 17.6 Å². The largest absolute Gasteiger partial charge is 0.507 e. The van der Waals surface area contributed by atoms with Crippen LogP contribution in [0.15, 0.2) is 57.3 Å². The molecule has 1 heterocycles. The zero-order valence-electron chi connectivity index (χ0n) is 16.5. The van der Waals surface area contributed by atoms with Gasteiger partial charge in [0.15, 0.2) is 5.43 Å². The van der Waals surface area contributed by atoms with Crippen molar-refractivity contribution in [2.45, 2.75) is 13.5 Å². The van der Waals surface area contributed by atoms with E-state index in [4.69, 9.17) is 10.2 Å². The summed E-state index contributed by atoms with van der Waals surface area (Å²) in [6.45, 7) is 1.58. The second kappa shape index (κ2) is 7.41. The van der Waals surface area contributed by atoms with Crippen LogP contribution in [0.3, 0.4) is 0 Å². The zero-order chi connectivity index (χ0) is 22.4. The number of phenols is 1. The number of aromatic hydroxyl groups is 1. The van der Waals surface area contributed by atoms with Gasteiger partial charge in [-0.25, -0.2) is 4.79 Å². The third kappa shape index (κ3) is 3.27. The Bertz CT molecular complexity index is 1330. The lowest BCUT2D eigenvalue weighted by molar-refractivity contribution is -0.141. The Labute approximate surface area is 175 Å². The van der Waals surface area contributed by atoms with Gasteiger partial charge in [-0.3, -0.25) is 9.59 Å². The van der Waals surface area contributed by atoms with Gasteiger partial charge in [-0.15, -0.1) is 0 Å². The fraction of sp³-hybridized carbons (Fsp3) is 0.174. The Morgan fingerprint density at radius 2 is 1.90 bits per heavy atom. The molecule has 5 N–H and O–H groups in total. The average Bonchev–Trinajstić information content (AvgIpc) is 2.71. The Morgan fingerprint density at radius 3 is 2.55 bits per heavy atom. The van der Waals surface area contributed by atoms with E-state index in [9.17, 15) is 29.7 Å². The summed E-state index contributed by atoms with van der Waals surface area (Å²) in [5.41, 5.74) is 7.12. The number of allylic oxidation sites excluding steroid dienone is 1. The van der Waals surface area contributed by atoms with Crippen molar-refractivity contribution in [3.05, 3.63) is 69.4 Å². The molecule has 0 bridgehead atoms. The summed E-state index contributed by atoms with van der Waals surface area (Å²) in [6, 6.07) is 7.10. The van der Waals surface area contributed by atoms with Gasteiger partial charge in [0, 0.05) is 29.1 Å². The maximum absolute atomic E-state index is 12.2. The minimum Gasteiger partial charge on any atom is -0.507 e. The topological polar surface area (TPSA) is 151 Å². The highest BCUT2D eigenvalue weighted by Crippen LogP contribution is 2.45. The van der Waals surface area contributed by atoms with E-state index in [2.05, 4.69) is 0 Å². The first-order valence-electron chi connectivity index (χ1n) is 9.54. The molecule has 8 heteroatoms. The maximum Gasteiger partial charge on any atom is 0.335 e. The van der Waals surface area contributed by atoms with E-state index < -0.39 is 23.8 Å². The second-order valence-corrected chi connectivity index (χ2v) is 7.48. The van der Waals surface area contributed by atoms with Gasteiger partial charge >= 0.3 is 11.9 Å². The lowest BCUT2D eigenvalue weighted by atomic mass is 9.75. The predicted molar refractivity (Wildman–Crippen MR) is 113 cm³/mol. The minimum atomic E-state index is -1.18. The molecule has 2 aliphatic carbocycles. The van der Waals surface area contributed by atoms with Crippen LogP contribution in [0.2, 0.25) is 0 Å². The van der Waals surface area contributed by atoms with Crippen LogP contribution < -0.4 is 11.2 Å². The molecule has 158 valence electrons. The normalized spacial score (nSPS) is 18.6. The fourth-order valence-corrected chi connectivity index (χ4v) is 4.17. The molecule has 31 heavy (non-hydrogen) atoms. The summed E-state index contributed by atoms with van der Waals surface area (Å²) in [4.78, 5) is 35.8. The SMILES string of the molecule is CC1C=C(C(=O)O)C=C(c2c3ccc(=O)cc-3oc3c(CN)c(O)ccc23)[C@H]1C(=O)O. The number of rotatable bonds is 4. The maximum atomic E-state index is 12.2. The van der Waals surface area contributed by atoms with Crippen LogP contribution in [0, 0.1) is 11.8 Å².